The summed E-state index contributed by atoms with van der Waals surface area (Å²) in [5.74, 6) is 0. The van der Waals surface area contributed by atoms with Crippen LogP contribution in [0.15, 0.2) is 24.4 Å². The number of hydrogen-bond donors (Lipinski definition) is 1. The molecule has 94 valence electrons. The lowest BCUT2D eigenvalue weighted by Gasteiger charge is -2.02. The van der Waals surface area contributed by atoms with E-state index in [1.165, 1.54) is 28.8 Å². The highest BCUT2D eigenvalue weighted by molar-refractivity contribution is 7.15. The van der Waals surface area contributed by atoms with Crippen LogP contribution in [0.1, 0.15) is 23.3 Å². The molecule has 0 bridgehead atoms. The van der Waals surface area contributed by atoms with Crippen molar-refractivity contribution >= 4 is 22.9 Å². The molecule has 0 atom stereocenters. The summed E-state index contributed by atoms with van der Waals surface area (Å²) in [6, 6.07) is 6.70. The summed E-state index contributed by atoms with van der Waals surface area (Å²) in [5, 5.41) is 5.37. The molecule has 18 heavy (non-hydrogen) atoms. The molecule has 1 aliphatic carbocycles. The second-order valence-electron chi connectivity index (χ2n) is 4.75. The maximum atomic E-state index is 5.97. The topological polar surface area (TPSA) is 24.9 Å². The SMILES string of the molecule is Cc1cc(Cl)ccc1-c1ncc(CNC2CC2)s1. The van der Waals surface area contributed by atoms with Gasteiger partial charge in [-0.15, -0.1) is 11.3 Å². The molecule has 1 fully saturated rings. The Kier molecular flexibility index (Phi) is 3.37. The number of halogens is 1. The van der Waals surface area contributed by atoms with Gasteiger partial charge in [0.2, 0.25) is 0 Å². The fraction of sp³-hybridized carbons (Fsp3) is 0.357. The minimum absolute atomic E-state index is 0.743. The van der Waals surface area contributed by atoms with E-state index in [-0.39, 0.29) is 0 Å². The minimum Gasteiger partial charge on any atom is -0.309 e. The highest BCUT2D eigenvalue weighted by atomic mass is 35.5. The zero-order chi connectivity index (χ0) is 12.5. The van der Waals surface area contributed by atoms with Crippen molar-refractivity contribution in [3.05, 3.63) is 39.9 Å². The lowest BCUT2D eigenvalue weighted by atomic mass is 10.1. The van der Waals surface area contributed by atoms with Crippen molar-refractivity contribution in [2.24, 2.45) is 0 Å². The molecule has 0 unspecified atom stereocenters. The van der Waals surface area contributed by atoms with Crippen LogP contribution in [0.2, 0.25) is 5.02 Å². The fourth-order valence-corrected chi connectivity index (χ4v) is 3.09. The van der Waals surface area contributed by atoms with Crippen molar-refractivity contribution in [2.45, 2.75) is 32.4 Å². The van der Waals surface area contributed by atoms with Crippen LogP contribution in [0.4, 0.5) is 0 Å². The van der Waals surface area contributed by atoms with E-state index in [0.29, 0.717) is 0 Å². The molecule has 0 spiro atoms. The van der Waals surface area contributed by atoms with Crippen LogP contribution in [-0.4, -0.2) is 11.0 Å². The van der Waals surface area contributed by atoms with Gasteiger partial charge in [0.25, 0.3) is 0 Å². The average molecular weight is 279 g/mol. The number of rotatable bonds is 4. The van der Waals surface area contributed by atoms with Gasteiger partial charge in [-0.2, -0.15) is 0 Å². The lowest BCUT2D eigenvalue weighted by molar-refractivity contribution is 0.694. The number of thiazole rings is 1. The largest absolute Gasteiger partial charge is 0.309 e. The van der Waals surface area contributed by atoms with Crippen molar-refractivity contribution in [1.29, 1.82) is 0 Å². The van der Waals surface area contributed by atoms with Gasteiger partial charge in [-0.1, -0.05) is 17.7 Å². The minimum atomic E-state index is 0.743. The molecule has 1 saturated carbocycles. The summed E-state index contributed by atoms with van der Waals surface area (Å²) in [5.41, 5.74) is 2.36. The lowest BCUT2D eigenvalue weighted by Crippen LogP contribution is -2.14. The van der Waals surface area contributed by atoms with E-state index >= 15 is 0 Å². The van der Waals surface area contributed by atoms with Gasteiger partial charge >= 0.3 is 0 Å². The predicted molar refractivity (Wildman–Crippen MR) is 77.2 cm³/mol. The first-order valence-corrected chi connectivity index (χ1v) is 7.36. The van der Waals surface area contributed by atoms with Crippen LogP contribution in [0, 0.1) is 6.92 Å². The van der Waals surface area contributed by atoms with Crippen molar-refractivity contribution in [3.63, 3.8) is 0 Å². The number of hydrogen-bond acceptors (Lipinski definition) is 3. The number of nitrogens with zero attached hydrogens (tertiary/aromatic N) is 1. The maximum Gasteiger partial charge on any atom is 0.123 e. The summed E-state index contributed by atoms with van der Waals surface area (Å²) >= 11 is 7.73. The van der Waals surface area contributed by atoms with Crippen molar-refractivity contribution < 1.29 is 0 Å². The zero-order valence-electron chi connectivity index (χ0n) is 10.2. The van der Waals surface area contributed by atoms with Crippen LogP contribution in [-0.2, 0) is 6.54 Å². The molecule has 1 aromatic heterocycles. The molecule has 0 saturated heterocycles. The van der Waals surface area contributed by atoms with Crippen LogP contribution < -0.4 is 5.32 Å². The van der Waals surface area contributed by atoms with E-state index in [9.17, 15) is 0 Å². The predicted octanol–water partition coefficient (Wildman–Crippen LogP) is 4.02. The van der Waals surface area contributed by atoms with Crippen LogP contribution in [0.25, 0.3) is 10.6 Å². The molecular weight excluding hydrogens is 264 g/mol. The Balaban J connectivity index is 1.78. The zero-order valence-corrected chi connectivity index (χ0v) is 11.8. The van der Waals surface area contributed by atoms with E-state index in [4.69, 9.17) is 11.6 Å². The molecule has 0 aliphatic heterocycles. The Bertz CT molecular complexity index is 561. The highest BCUT2D eigenvalue weighted by Crippen LogP contribution is 2.30. The molecule has 1 aromatic carbocycles. The third-order valence-electron chi connectivity index (χ3n) is 3.11. The number of nitrogens with one attached hydrogen (secondary N) is 1. The van der Waals surface area contributed by atoms with Gasteiger partial charge in [0.05, 0.1) is 0 Å². The standard InChI is InChI=1S/C14H15ClN2S/c1-9-6-10(15)2-5-13(9)14-17-8-12(18-14)7-16-11-3-4-11/h2,5-6,8,11,16H,3-4,7H2,1H3. The molecule has 0 amide bonds. The van der Waals surface area contributed by atoms with E-state index in [1.807, 2.05) is 18.3 Å². The molecular formula is C14H15ClN2S. The molecule has 0 radical (unpaired) electrons. The second-order valence-corrected chi connectivity index (χ2v) is 6.30. The highest BCUT2D eigenvalue weighted by Gasteiger charge is 2.20. The molecule has 3 rings (SSSR count). The van der Waals surface area contributed by atoms with Crippen molar-refractivity contribution in [3.8, 4) is 10.6 Å². The second kappa shape index (κ2) is 5.00. The van der Waals surface area contributed by atoms with E-state index in [2.05, 4.69) is 23.3 Å². The van der Waals surface area contributed by atoms with Gasteiger partial charge < -0.3 is 5.32 Å². The summed E-state index contributed by atoms with van der Waals surface area (Å²) in [4.78, 5) is 5.81. The van der Waals surface area contributed by atoms with Gasteiger partial charge in [0.1, 0.15) is 5.01 Å². The molecule has 1 heterocycles. The third-order valence-corrected chi connectivity index (χ3v) is 4.38. The quantitative estimate of drug-likeness (QED) is 0.914. The number of benzene rings is 1. The summed E-state index contributed by atoms with van der Waals surface area (Å²) < 4.78 is 0. The Hall–Kier alpha value is -0.900. The monoisotopic (exact) mass is 278 g/mol. The molecule has 2 nitrogen and oxygen atoms in total. The Morgan fingerprint density at radius 2 is 2.28 bits per heavy atom. The van der Waals surface area contributed by atoms with Gasteiger partial charge in [0.15, 0.2) is 0 Å². The molecule has 1 N–H and O–H groups in total. The third kappa shape index (κ3) is 2.74. The molecule has 4 heteroatoms. The Morgan fingerprint density at radius 1 is 1.44 bits per heavy atom. The van der Waals surface area contributed by atoms with Gasteiger partial charge in [-0.05, 0) is 37.5 Å². The molecule has 1 aliphatic rings. The number of aryl methyl sites for hydroxylation is 1. The Labute approximate surface area is 116 Å². The van der Waals surface area contributed by atoms with Crippen LogP contribution in [0.5, 0.6) is 0 Å². The summed E-state index contributed by atoms with van der Waals surface area (Å²) in [6.07, 6.45) is 4.62. The number of aromatic nitrogens is 1. The van der Waals surface area contributed by atoms with Gasteiger partial charge in [0, 0.05) is 34.2 Å². The van der Waals surface area contributed by atoms with Crippen LogP contribution in [0.3, 0.4) is 0 Å². The fourth-order valence-electron chi connectivity index (χ4n) is 1.91. The van der Waals surface area contributed by atoms with E-state index in [1.54, 1.807) is 11.3 Å². The first-order chi connectivity index (χ1) is 8.72. The first kappa shape index (κ1) is 12.2. The smallest absolute Gasteiger partial charge is 0.123 e. The average Bonchev–Trinajstić information content (AvgIpc) is 3.05. The van der Waals surface area contributed by atoms with E-state index in [0.717, 1.165) is 22.6 Å². The van der Waals surface area contributed by atoms with Gasteiger partial charge in [-0.25, -0.2) is 4.98 Å². The Morgan fingerprint density at radius 3 is 3.00 bits per heavy atom. The normalized spacial score (nSPS) is 15.0. The first-order valence-electron chi connectivity index (χ1n) is 6.17. The van der Waals surface area contributed by atoms with Crippen molar-refractivity contribution in [1.82, 2.24) is 10.3 Å². The van der Waals surface area contributed by atoms with Gasteiger partial charge in [-0.3, -0.25) is 0 Å². The summed E-state index contributed by atoms with van der Waals surface area (Å²) in [7, 11) is 0. The van der Waals surface area contributed by atoms with Crippen molar-refractivity contribution in [2.75, 3.05) is 0 Å². The summed E-state index contributed by atoms with van der Waals surface area (Å²) in [6.45, 7) is 3.01. The van der Waals surface area contributed by atoms with E-state index < -0.39 is 0 Å². The maximum absolute atomic E-state index is 5.97. The molecule has 2 aromatic rings. The van der Waals surface area contributed by atoms with Crippen LogP contribution >= 0.6 is 22.9 Å².